The van der Waals surface area contributed by atoms with Gasteiger partial charge in [0, 0.05) is 22.4 Å². The summed E-state index contributed by atoms with van der Waals surface area (Å²) >= 11 is 11.1. The zero-order valence-corrected chi connectivity index (χ0v) is 23.3. The van der Waals surface area contributed by atoms with E-state index < -0.39 is 29.2 Å². The number of thioether (sulfide) groups is 2. The summed E-state index contributed by atoms with van der Waals surface area (Å²) in [5.41, 5.74) is 7.43. The number of nitrogen functional groups attached to an aromatic ring is 1. The number of aryl methyl sites for hydroxylation is 1. The average Bonchev–Trinajstić information content (AvgIpc) is 3.38. The van der Waals surface area contributed by atoms with E-state index in [-0.39, 0.29) is 46.0 Å². The first-order valence-electron chi connectivity index (χ1n) is 8.93. The number of carbonyl (C=O) groups excluding carboxylic acids is 3. The van der Waals surface area contributed by atoms with Crippen molar-refractivity contribution in [2.45, 2.75) is 22.7 Å². The number of fused-ring (bicyclic) bond motifs is 1. The SMILES string of the molecule is Cc1nnc(SCC2=C(C(=O)[O-])N3C(=O)C(NC(=O)/C(=C/Cl)c4csc(N)n4)[C@H]3SC2)s1.[Na+]. The number of carboxylic acid groups (broad SMARTS) is 1. The molecule has 4 heterocycles. The molecule has 2 aromatic heterocycles. The molecule has 16 heteroatoms. The Balaban J connectivity index is 0.00000306. The van der Waals surface area contributed by atoms with Crippen LogP contribution < -0.4 is 45.7 Å². The normalized spacial score (nSPS) is 20.1. The molecule has 3 N–H and O–H groups in total. The van der Waals surface area contributed by atoms with Gasteiger partial charge < -0.3 is 21.0 Å². The fourth-order valence-corrected chi connectivity index (χ4v) is 7.19. The molecule has 1 fully saturated rings. The number of aliphatic carboxylic acids is 1. The number of anilines is 1. The van der Waals surface area contributed by atoms with E-state index in [0.29, 0.717) is 27.1 Å². The monoisotopic (exact) mass is 552 g/mol. The maximum Gasteiger partial charge on any atom is 1.00 e. The largest absolute Gasteiger partial charge is 1.00 e. The van der Waals surface area contributed by atoms with E-state index in [1.807, 2.05) is 6.92 Å². The second-order valence-electron chi connectivity index (χ2n) is 6.57. The van der Waals surface area contributed by atoms with Crippen LogP contribution in [0.2, 0.25) is 0 Å². The van der Waals surface area contributed by atoms with Crippen LogP contribution in [0.15, 0.2) is 26.5 Å². The number of nitrogens with two attached hydrogens (primary N) is 1. The first-order valence-corrected chi connectivity index (χ1v) is 13.1. The minimum absolute atomic E-state index is 0. The van der Waals surface area contributed by atoms with Gasteiger partial charge >= 0.3 is 29.6 Å². The average molecular weight is 553 g/mol. The van der Waals surface area contributed by atoms with E-state index in [9.17, 15) is 19.5 Å². The molecule has 0 aromatic carbocycles. The van der Waals surface area contributed by atoms with Crippen LogP contribution in [0.25, 0.3) is 5.57 Å². The zero-order chi connectivity index (χ0) is 23.0. The third-order valence-electron chi connectivity index (χ3n) is 4.56. The van der Waals surface area contributed by atoms with E-state index in [2.05, 4.69) is 20.5 Å². The molecule has 33 heavy (non-hydrogen) atoms. The summed E-state index contributed by atoms with van der Waals surface area (Å²) < 4.78 is 0.711. The van der Waals surface area contributed by atoms with Gasteiger partial charge in [0.2, 0.25) is 0 Å². The topological polar surface area (TPSA) is 154 Å². The van der Waals surface area contributed by atoms with Crippen LogP contribution in [0.1, 0.15) is 10.7 Å². The number of nitrogens with zero attached hydrogens (tertiary/aromatic N) is 4. The van der Waals surface area contributed by atoms with Crippen molar-refractivity contribution in [2.75, 3.05) is 17.2 Å². The maximum atomic E-state index is 12.8. The molecule has 0 aliphatic carbocycles. The Morgan fingerprint density at radius 2 is 2.21 bits per heavy atom. The Morgan fingerprint density at radius 1 is 1.45 bits per heavy atom. The smallest absolute Gasteiger partial charge is 0.543 e. The number of hydrogen-bond donors (Lipinski definition) is 2. The quantitative estimate of drug-likeness (QED) is 0.165. The van der Waals surface area contributed by atoms with Crippen molar-refractivity contribution in [1.29, 1.82) is 0 Å². The molecule has 2 atom stereocenters. The summed E-state index contributed by atoms with van der Waals surface area (Å²) in [6, 6.07) is -0.899. The summed E-state index contributed by atoms with van der Waals surface area (Å²) in [6.07, 6.45) is 0. The summed E-state index contributed by atoms with van der Waals surface area (Å²) in [6.45, 7) is 1.83. The Labute approximate surface area is 231 Å². The van der Waals surface area contributed by atoms with Crippen LogP contribution in [-0.2, 0) is 14.4 Å². The fraction of sp³-hybridized carbons (Fsp3) is 0.294. The summed E-state index contributed by atoms with van der Waals surface area (Å²) in [7, 11) is 0. The van der Waals surface area contributed by atoms with Gasteiger partial charge in [-0.05, 0) is 12.5 Å². The van der Waals surface area contributed by atoms with Gasteiger partial charge in [0.15, 0.2) is 9.47 Å². The Morgan fingerprint density at radius 3 is 2.79 bits per heavy atom. The number of thiazole rings is 1. The van der Waals surface area contributed by atoms with Crippen molar-refractivity contribution in [1.82, 2.24) is 25.4 Å². The molecule has 2 aliphatic heterocycles. The standard InChI is InChI=1S/C17H15ClN6O4S4.Na/c1-6-22-23-17(32-6)31-4-7-3-29-14-10(13(26)24(14)11(7)15(27)28)21-12(25)8(2-18)9-5-30-16(19)20-9;/h2,5,10,14H,3-4H2,1H3,(H2,19,20)(H,21,25)(H,27,28);/q;+1/p-1/b8-2+;/t10?,14-;/m1./s1. The number of rotatable bonds is 7. The zero-order valence-electron chi connectivity index (χ0n) is 17.2. The number of nitrogens with one attached hydrogen (secondary N) is 1. The fourth-order valence-electron chi connectivity index (χ4n) is 3.12. The van der Waals surface area contributed by atoms with Gasteiger partial charge in [0.05, 0.1) is 22.9 Å². The number of aromatic nitrogens is 3. The summed E-state index contributed by atoms with van der Waals surface area (Å²) in [5.74, 6) is -1.86. The third-order valence-corrected chi connectivity index (χ3v) is 8.85. The van der Waals surface area contributed by atoms with Crippen molar-refractivity contribution in [3.63, 3.8) is 0 Å². The molecule has 10 nitrogen and oxygen atoms in total. The molecule has 1 unspecified atom stereocenters. The first-order chi connectivity index (χ1) is 15.3. The summed E-state index contributed by atoms with van der Waals surface area (Å²) in [5, 5.41) is 24.5. The number of halogens is 1. The van der Waals surface area contributed by atoms with Crippen LogP contribution in [0.3, 0.4) is 0 Å². The predicted molar refractivity (Wildman–Crippen MR) is 123 cm³/mol. The van der Waals surface area contributed by atoms with E-state index in [0.717, 1.165) is 21.9 Å². The predicted octanol–water partition coefficient (Wildman–Crippen LogP) is -2.33. The number of carboxylic acids is 1. The van der Waals surface area contributed by atoms with Crippen LogP contribution in [0, 0.1) is 6.92 Å². The van der Waals surface area contributed by atoms with Gasteiger partial charge in [0.1, 0.15) is 16.4 Å². The number of carbonyl (C=O) groups is 3. The van der Waals surface area contributed by atoms with Gasteiger partial charge in [-0.25, -0.2) is 4.98 Å². The first kappa shape index (κ1) is 26.5. The van der Waals surface area contributed by atoms with Gasteiger partial charge in [0.25, 0.3) is 11.8 Å². The Kier molecular flexibility index (Phi) is 8.88. The van der Waals surface area contributed by atoms with Crippen molar-refractivity contribution >= 4 is 86.3 Å². The molecule has 0 saturated carbocycles. The second kappa shape index (κ2) is 11.1. The summed E-state index contributed by atoms with van der Waals surface area (Å²) in [4.78, 5) is 42.5. The van der Waals surface area contributed by atoms with Crippen molar-refractivity contribution < 1.29 is 49.0 Å². The van der Waals surface area contributed by atoms with Gasteiger partial charge in [-0.3, -0.25) is 14.5 Å². The number of amides is 2. The van der Waals surface area contributed by atoms with Gasteiger partial charge in [-0.1, -0.05) is 34.7 Å². The van der Waals surface area contributed by atoms with E-state index in [1.165, 1.54) is 39.8 Å². The van der Waals surface area contributed by atoms with Crippen LogP contribution in [-0.4, -0.2) is 60.8 Å². The Bertz CT molecular complexity index is 1170. The van der Waals surface area contributed by atoms with E-state index in [4.69, 9.17) is 17.3 Å². The minimum atomic E-state index is -1.43. The molecule has 168 valence electrons. The van der Waals surface area contributed by atoms with Crippen LogP contribution in [0.5, 0.6) is 0 Å². The molecule has 2 amide bonds. The maximum absolute atomic E-state index is 12.8. The minimum Gasteiger partial charge on any atom is -0.543 e. The molecule has 2 aromatic rings. The van der Waals surface area contributed by atoms with Crippen molar-refractivity contribution in [3.8, 4) is 0 Å². The van der Waals surface area contributed by atoms with Gasteiger partial charge in [-0.2, -0.15) is 0 Å². The molecule has 0 spiro atoms. The van der Waals surface area contributed by atoms with Crippen LogP contribution in [0.4, 0.5) is 5.13 Å². The molecular formula is C17H14ClN6NaO4S4. The molecular weight excluding hydrogens is 539 g/mol. The number of hydrogen-bond acceptors (Lipinski definition) is 12. The van der Waals surface area contributed by atoms with Crippen LogP contribution >= 0.6 is 57.8 Å². The molecule has 4 rings (SSSR count). The van der Waals surface area contributed by atoms with Crippen molar-refractivity contribution in [3.05, 3.63) is 32.9 Å². The molecule has 0 bridgehead atoms. The molecule has 1 saturated heterocycles. The van der Waals surface area contributed by atoms with Crippen molar-refractivity contribution in [2.24, 2.45) is 0 Å². The number of β-lactam (4-membered cyclic amide) rings is 1. The Hall–Kier alpha value is -1.13. The molecule has 2 aliphatic rings. The second-order valence-corrected chi connectivity index (χ2v) is 11.2. The van der Waals surface area contributed by atoms with E-state index in [1.54, 1.807) is 5.38 Å². The van der Waals surface area contributed by atoms with Gasteiger partial charge in [-0.15, -0.1) is 33.3 Å². The third kappa shape index (κ3) is 5.42. The molecule has 0 radical (unpaired) electrons. The van der Waals surface area contributed by atoms with E-state index >= 15 is 0 Å².